The Morgan fingerprint density at radius 1 is 0.375 bits per heavy atom. The molecule has 6 nitrogen and oxygen atoms in total. The number of hydrogen-bond donors (Lipinski definition) is 0. The third-order valence-electron chi connectivity index (χ3n) is 10.5. The summed E-state index contributed by atoms with van der Waals surface area (Å²) in [4.78, 5) is 20.2. The van der Waals surface area contributed by atoms with Gasteiger partial charge in [-0.1, -0.05) is 146 Å². The first-order valence-electron chi connectivity index (χ1n) is 18.6. The van der Waals surface area contributed by atoms with Crippen LogP contribution in [0.4, 0.5) is 0 Å². The van der Waals surface area contributed by atoms with Crippen molar-refractivity contribution in [1.82, 2.24) is 24.5 Å². The summed E-state index contributed by atoms with van der Waals surface area (Å²) >= 11 is 0. The molecule has 0 spiro atoms. The molecule has 11 rings (SSSR count). The second kappa shape index (κ2) is 13.0. The molecule has 0 amide bonds. The average molecular weight is 718 g/mol. The van der Waals surface area contributed by atoms with Gasteiger partial charge in [0.15, 0.2) is 23.1 Å². The minimum atomic E-state index is 0.600. The Morgan fingerprint density at radius 3 is 1.57 bits per heavy atom. The number of fused-ring (bicyclic) bond motifs is 7. The lowest BCUT2D eigenvalue weighted by Gasteiger charge is -2.11. The van der Waals surface area contributed by atoms with Crippen LogP contribution >= 0.6 is 0 Å². The Bertz CT molecular complexity index is 3210. The van der Waals surface area contributed by atoms with Crippen LogP contribution in [0.1, 0.15) is 0 Å². The minimum Gasteiger partial charge on any atom is -0.435 e. The lowest BCUT2D eigenvalue weighted by atomic mass is 10.0. The first-order chi connectivity index (χ1) is 27.7. The van der Waals surface area contributed by atoms with Crippen LogP contribution in [0.15, 0.2) is 192 Å². The third-order valence-corrected chi connectivity index (χ3v) is 10.5. The molecule has 0 bridgehead atoms. The summed E-state index contributed by atoms with van der Waals surface area (Å²) in [6.45, 7) is 0. The van der Waals surface area contributed by atoms with E-state index in [4.69, 9.17) is 24.4 Å². The van der Waals surface area contributed by atoms with E-state index >= 15 is 0 Å². The maximum absolute atomic E-state index is 6.63. The first-order valence-corrected chi connectivity index (χ1v) is 18.6. The number of benzene rings is 8. The Morgan fingerprint density at radius 2 is 0.893 bits per heavy atom. The minimum absolute atomic E-state index is 0.600. The maximum atomic E-state index is 6.63. The monoisotopic (exact) mass is 717 g/mol. The first kappa shape index (κ1) is 31.8. The molecule has 56 heavy (non-hydrogen) atoms. The largest absolute Gasteiger partial charge is 0.435 e. The number of hydrogen-bond acceptors (Lipinski definition) is 5. The molecule has 0 aliphatic heterocycles. The lowest BCUT2D eigenvalue weighted by molar-refractivity contribution is 0.623. The van der Waals surface area contributed by atoms with Crippen molar-refractivity contribution in [2.24, 2.45) is 0 Å². The quantitative estimate of drug-likeness (QED) is 0.171. The maximum Gasteiger partial charge on any atom is 0.227 e. The molecule has 8 aromatic carbocycles. The molecule has 0 unspecified atom stereocenters. The van der Waals surface area contributed by atoms with Crippen LogP contribution < -0.4 is 0 Å². The predicted molar refractivity (Wildman–Crippen MR) is 226 cm³/mol. The van der Waals surface area contributed by atoms with Gasteiger partial charge in [0.1, 0.15) is 5.52 Å². The normalized spacial score (nSPS) is 11.6. The van der Waals surface area contributed by atoms with E-state index in [0.29, 0.717) is 23.4 Å². The van der Waals surface area contributed by atoms with Crippen LogP contribution in [0.3, 0.4) is 0 Å². The van der Waals surface area contributed by atoms with E-state index in [9.17, 15) is 0 Å². The molecule has 0 aliphatic rings. The van der Waals surface area contributed by atoms with Gasteiger partial charge in [-0.05, 0) is 59.0 Å². The van der Waals surface area contributed by atoms with Crippen molar-refractivity contribution in [2.45, 2.75) is 0 Å². The van der Waals surface area contributed by atoms with E-state index in [2.05, 4.69) is 114 Å². The molecule has 0 saturated heterocycles. The zero-order valence-corrected chi connectivity index (χ0v) is 30.0. The van der Waals surface area contributed by atoms with Gasteiger partial charge in [-0.2, -0.15) is 0 Å². The average Bonchev–Trinajstić information content (AvgIpc) is 3.87. The fourth-order valence-electron chi connectivity index (χ4n) is 7.79. The summed E-state index contributed by atoms with van der Waals surface area (Å²) in [6.07, 6.45) is 0. The van der Waals surface area contributed by atoms with E-state index in [1.165, 1.54) is 0 Å². The zero-order chi connectivity index (χ0) is 37.0. The van der Waals surface area contributed by atoms with Gasteiger partial charge in [-0.15, -0.1) is 0 Å². The van der Waals surface area contributed by atoms with Gasteiger partial charge >= 0.3 is 0 Å². The lowest BCUT2D eigenvalue weighted by Crippen LogP contribution is -2.00. The molecular weight excluding hydrogens is 687 g/mol. The molecule has 0 aliphatic carbocycles. The molecule has 0 radical (unpaired) electrons. The van der Waals surface area contributed by atoms with Crippen LogP contribution in [0.5, 0.6) is 0 Å². The Hall–Kier alpha value is -7.70. The van der Waals surface area contributed by atoms with E-state index < -0.39 is 0 Å². The number of para-hydroxylation sites is 1. The number of rotatable bonds is 6. The van der Waals surface area contributed by atoms with Gasteiger partial charge in [0, 0.05) is 44.1 Å². The summed E-state index contributed by atoms with van der Waals surface area (Å²) in [6, 6.07) is 64.6. The van der Waals surface area contributed by atoms with Crippen LogP contribution in [0, 0.1) is 0 Å². The van der Waals surface area contributed by atoms with E-state index in [-0.39, 0.29) is 0 Å². The molecule has 3 heterocycles. The van der Waals surface area contributed by atoms with Crippen molar-refractivity contribution < 1.29 is 4.42 Å². The van der Waals surface area contributed by atoms with E-state index in [1.54, 1.807) is 0 Å². The Labute approximate surface area is 322 Å². The number of aromatic nitrogens is 5. The van der Waals surface area contributed by atoms with Crippen LogP contribution in [0.25, 0.3) is 106 Å². The van der Waals surface area contributed by atoms with Crippen molar-refractivity contribution in [3.8, 4) is 62.4 Å². The van der Waals surface area contributed by atoms with Crippen molar-refractivity contribution in [3.05, 3.63) is 188 Å². The van der Waals surface area contributed by atoms with Gasteiger partial charge in [-0.3, -0.25) is 0 Å². The fraction of sp³-hybridized carbons (Fsp3) is 0. The van der Waals surface area contributed by atoms with Crippen LogP contribution in [-0.2, 0) is 0 Å². The summed E-state index contributed by atoms with van der Waals surface area (Å²) in [7, 11) is 0. The molecule has 3 aromatic heterocycles. The second-order valence-corrected chi connectivity index (χ2v) is 13.9. The standard InChI is InChI=1S/C50H31N5O/c1-5-13-32(14-6-1)33-21-23-36(24-22-33)48-52-47(35-15-7-2-8-16-35)53-49(54-48)38-25-28-40-43(31-38)55(39-19-11-4-12-20-39)42-30-27-34-26-29-41-46(44(34)45(40)42)56-50(51-41)37-17-9-3-10-18-37/h1-31H. The smallest absolute Gasteiger partial charge is 0.227 e. The van der Waals surface area contributed by atoms with Gasteiger partial charge in [0.05, 0.1) is 11.0 Å². The summed E-state index contributed by atoms with van der Waals surface area (Å²) in [5, 5.41) is 4.33. The van der Waals surface area contributed by atoms with Gasteiger partial charge < -0.3 is 8.98 Å². The van der Waals surface area contributed by atoms with Gasteiger partial charge in [0.25, 0.3) is 0 Å². The SMILES string of the molecule is c1ccc(-c2ccc(-c3nc(-c4ccccc4)nc(-c4ccc5c6c7c(ccc8nc(-c9ccccc9)oc87)ccc6n(-c6ccccc6)c5c4)n3)cc2)cc1. The van der Waals surface area contributed by atoms with Crippen molar-refractivity contribution in [3.63, 3.8) is 0 Å². The molecule has 11 aromatic rings. The molecule has 0 fully saturated rings. The molecule has 0 N–H and O–H groups in total. The molecule has 0 atom stereocenters. The highest BCUT2D eigenvalue weighted by molar-refractivity contribution is 6.27. The summed E-state index contributed by atoms with van der Waals surface area (Å²) in [5.74, 6) is 2.44. The Kier molecular flexibility index (Phi) is 7.38. The Balaban J connectivity index is 1.14. The highest BCUT2D eigenvalue weighted by Gasteiger charge is 2.21. The third kappa shape index (κ3) is 5.35. The van der Waals surface area contributed by atoms with Gasteiger partial charge in [-0.25, -0.2) is 19.9 Å². The highest BCUT2D eigenvalue weighted by Crippen LogP contribution is 2.42. The molecule has 262 valence electrons. The highest BCUT2D eigenvalue weighted by atomic mass is 16.3. The van der Waals surface area contributed by atoms with E-state index in [0.717, 1.165) is 82.7 Å². The predicted octanol–water partition coefficient (Wildman–Crippen LogP) is 12.6. The van der Waals surface area contributed by atoms with Crippen LogP contribution in [0.2, 0.25) is 0 Å². The van der Waals surface area contributed by atoms with Crippen molar-refractivity contribution in [1.29, 1.82) is 0 Å². The van der Waals surface area contributed by atoms with Crippen molar-refractivity contribution in [2.75, 3.05) is 0 Å². The molecular formula is C50H31N5O. The van der Waals surface area contributed by atoms with E-state index in [1.807, 2.05) is 78.9 Å². The zero-order valence-electron chi connectivity index (χ0n) is 30.0. The topological polar surface area (TPSA) is 69.6 Å². The number of nitrogens with zero attached hydrogens (tertiary/aromatic N) is 5. The van der Waals surface area contributed by atoms with Gasteiger partial charge in [0.2, 0.25) is 5.89 Å². The van der Waals surface area contributed by atoms with Crippen LogP contribution in [-0.4, -0.2) is 24.5 Å². The summed E-state index contributed by atoms with van der Waals surface area (Å²) in [5.41, 5.74) is 10.7. The van der Waals surface area contributed by atoms with Crippen molar-refractivity contribution >= 4 is 43.7 Å². The molecule has 6 heteroatoms. The fourth-order valence-corrected chi connectivity index (χ4v) is 7.79. The summed E-state index contributed by atoms with van der Waals surface area (Å²) < 4.78 is 8.95. The molecule has 0 saturated carbocycles. The second-order valence-electron chi connectivity index (χ2n) is 13.9. The number of oxazole rings is 1.